The second kappa shape index (κ2) is 12.6. The van der Waals surface area contributed by atoms with Crippen LogP contribution in [-0.2, 0) is 18.3 Å². The third kappa shape index (κ3) is 7.20. The van der Waals surface area contributed by atoms with E-state index in [4.69, 9.17) is 0 Å². The number of para-hydroxylation sites is 1. The van der Waals surface area contributed by atoms with Gasteiger partial charge in [-0.05, 0) is 75.4 Å². The monoisotopic (exact) mass is 447 g/mol. The van der Waals surface area contributed by atoms with Crippen molar-refractivity contribution < 1.29 is 4.79 Å². The Kier molecular flexibility index (Phi) is 9.56. The number of carbonyl (C=O) groups excluding carboxylic acids is 1. The zero-order valence-corrected chi connectivity index (χ0v) is 20.9. The number of hydrogen-bond acceptors (Lipinski definition) is 2. The Morgan fingerprint density at radius 3 is 2.42 bits per heavy atom. The van der Waals surface area contributed by atoms with Crippen LogP contribution in [0.1, 0.15) is 63.5 Å². The molecule has 0 aliphatic rings. The van der Waals surface area contributed by atoms with Crippen molar-refractivity contribution in [3.63, 3.8) is 0 Å². The van der Waals surface area contributed by atoms with Crippen molar-refractivity contribution in [1.29, 1.82) is 0 Å². The van der Waals surface area contributed by atoms with Crippen molar-refractivity contribution in [2.24, 2.45) is 7.05 Å². The molecule has 0 saturated heterocycles. The minimum absolute atomic E-state index is 0.163. The van der Waals surface area contributed by atoms with Crippen LogP contribution in [-0.4, -0.2) is 41.1 Å². The van der Waals surface area contributed by atoms with Gasteiger partial charge in [-0.15, -0.1) is 0 Å². The molecule has 1 heterocycles. The number of aryl methyl sites for hydroxylation is 2. The van der Waals surface area contributed by atoms with Crippen molar-refractivity contribution >= 4 is 16.8 Å². The van der Waals surface area contributed by atoms with E-state index in [0.717, 1.165) is 45.3 Å². The van der Waals surface area contributed by atoms with E-state index in [1.807, 2.05) is 0 Å². The minimum Gasteiger partial charge on any atom is -0.354 e. The van der Waals surface area contributed by atoms with Crippen LogP contribution >= 0.6 is 0 Å². The molecule has 0 spiro atoms. The minimum atomic E-state index is 0.163. The molecule has 2 atom stereocenters. The predicted octanol–water partition coefficient (Wildman–Crippen LogP) is 5.91. The Hall–Kier alpha value is -2.59. The van der Waals surface area contributed by atoms with E-state index in [2.05, 4.69) is 103 Å². The standard InChI is InChI=1S/C29H41N3O/c1-5-32(6-2)20-12-13-23(3)30-29(33)21-25(19-18-24-14-8-7-9-15-24)27-22-31(4)28-17-11-10-16-26(27)28/h7-11,14-17,22-23,25H,5-6,12-13,18-21H2,1-4H3,(H,30,33)/t23-,25-/m0/s1. The molecule has 4 heteroatoms. The number of benzene rings is 2. The summed E-state index contributed by atoms with van der Waals surface area (Å²) in [6.45, 7) is 9.83. The third-order valence-electron chi connectivity index (χ3n) is 6.84. The average molecular weight is 448 g/mol. The lowest BCUT2D eigenvalue weighted by molar-refractivity contribution is -0.122. The highest BCUT2D eigenvalue weighted by Gasteiger charge is 2.21. The summed E-state index contributed by atoms with van der Waals surface area (Å²) in [4.78, 5) is 15.5. The summed E-state index contributed by atoms with van der Waals surface area (Å²) in [6.07, 6.45) is 6.82. The van der Waals surface area contributed by atoms with Crippen molar-refractivity contribution in [2.75, 3.05) is 19.6 Å². The van der Waals surface area contributed by atoms with E-state index in [1.165, 1.54) is 22.0 Å². The summed E-state index contributed by atoms with van der Waals surface area (Å²) in [7, 11) is 2.10. The van der Waals surface area contributed by atoms with Gasteiger partial charge in [0, 0.05) is 36.6 Å². The van der Waals surface area contributed by atoms with Gasteiger partial charge in [0.25, 0.3) is 0 Å². The van der Waals surface area contributed by atoms with Crippen molar-refractivity contribution in [3.05, 3.63) is 71.9 Å². The number of carbonyl (C=O) groups is 1. The van der Waals surface area contributed by atoms with Gasteiger partial charge >= 0.3 is 0 Å². The molecule has 0 aliphatic heterocycles. The van der Waals surface area contributed by atoms with Crippen LogP contribution in [0, 0.1) is 0 Å². The first-order valence-electron chi connectivity index (χ1n) is 12.6. The molecule has 33 heavy (non-hydrogen) atoms. The SMILES string of the molecule is CCN(CC)CCC[C@H](C)NC(=O)C[C@H](CCc1ccccc1)c1cn(C)c2ccccc12. The predicted molar refractivity (Wildman–Crippen MR) is 140 cm³/mol. The molecule has 0 fully saturated rings. The Balaban J connectivity index is 1.66. The normalized spacial score (nSPS) is 13.4. The first kappa shape index (κ1) is 25.0. The van der Waals surface area contributed by atoms with Crippen LogP contribution in [0.4, 0.5) is 0 Å². The van der Waals surface area contributed by atoms with Crippen LogP contribution in [0.2, 0.25) is 0 Å². The Bertz CT molecular complexity index is 991. The van der Waals surface area contributed by atoms with Gasteiger partial charge < -0.3 is 14.8 Å². The number of rotatable bonds is 13. The molecule has 2 aromatic carbocycles. The summed E-state index contributed by atoms with van der Waals surface area (Å²) in [5, 5.41) is 4.54. The first-order valence-corrected chi connectivity index (χ1v) is 12.6. The van der Waals surface area contributed by atoms with Gasteiger partial charge in [-0.25, -0.2) is 0 Å². The van der Waals surface area contributed by atoms with E-state index in [-0.39, 0.29) is 17.9 Å². The molecule has 0 radical (unpaired) electrons. The maximum Gasteiger partial charge on any atom is 0.220 e. The number of fused-ring (bicyclic) bond motifs is 1. The third-order valence-corrected chi connectivity index (χ3v) is 6.84. The molecular weight excluding hydrogens is 406 g/mol. The lowest BCUT2D eigenvalue weighted by Crippen LogP contribution is -2.34. The second-order valence-corrected chi connectivity index (χ2v) is 9.28. The topological polar surface area (TPSA) is 37.3 Å². The van der Waals surface area contributed by atoms with Crippen LogP contribution < -0.4 is 5.32 Å². The molecule has 3 aromatic rings. The van der Waals surface area contributed by atoms with Crippen molar-refractivity contribution in [1.82, 2.24) is 14.8 Å². The van der Waals surface area contributed by atoms with Gasteiger partial charge in [-0.3, -0.25) is 4.79 Å². The highest BCUT2D eigenvalue weighted by Crippen LogP contribution is 2.32. The highest BCUT2D eigenvalue weighted by atomic mass is 16.1. The van der Waals surface area contributed by atoms with E-state index < -0.39 is 0 Å². The van der Waals surface area contributed by atoms with Gasteiger partial charge in [0.1, 0.15) is 0 Å². The fraction of sp³-hybridized carbons (Fsp3) is 0.483. The molecule has 1 aromatic heterocycles. The molecule has 178 valence electrons. The number of hydrogen-bond donors (Lipinski definition) is 1. The average Bonchev–Trinajstić information content (AvgIpc) is 3.16. The van der Waals surface area contributed by atoms with Crippen LogP contribution in [0.3, 0.4) is 0 Å². The maximum atomic E-state index is 13.1. The molecule has 3 rings (SSSR count). The van der Waals surface area contributed by atoms with Gasteiger partial charge in [-0.1, -0.05) is 62.4 Å². The van der Waals surface area contributed by atoms with E-state index in [9.17, 15) is 4.79 Å². The fourth-order valence-corrected chi connectivity index (χ4v) is 4.84. The van der Waals surface area contributed by atoms with E-state index in [1.54, 1.807) is 0 Å². The quantitative estimate of drug-likeness (QED) is 0.354. The Labute approximate surface area is 200 Å². The summed E-state index contributed by atoms with van der Waals surface area (Å²) >= 11 is 0. The number of nitrogens with one attached hydrogen (secondary N) is 1. The van der Waals surface area contributed by atoms with E-state index in [0.29, 0.717) is 6.42 Å². The van der Waals surface area contributed by atoms with Gasteiger partial charge in [0.15, 0.2) is 0 Å². The Morgan fingerprint density at radius 1 is 1.00 bits per heavy atom. The van der Waals surface area contributed by atoms with Gasteiger partial charge in [0.05, 0.1) is 0 Å². The van der Waals surface area contributed by atoms with Gasteiger partial charge in [0.2, 0.25) is 5.91 Å². The summed E-state index contributed by atoms with van der Waals surface area (Å²) in [5.41, 5.74) is 3.84. The van der Waals surface area contributed by atoms with Crippen LogP contribution in [0.5, 0.6) is 0 Å². The van der Waals surface area contributed by atoms with E-state index >= 15 is 0 Å². The number of amides is 1. The van der Waals surface area contributed by atoms with Crippen LogP contribution in [0.25, 0.3) is 10.9 Å². The summed E-state index contributed by atoms with van der Waals surface area (Å²) in [5.74, 6) is 0.357. The lowest BCUT2D eigenvalue weighted by Gasteiger charge is -2.21. The zero-order chi connectivity index (χ0) is 23.6. The van der Waals surface area contributed by atoms with Gasteiger partial charge in [-0.2, -0.15) is 0 Å². The molecule has 1 amide bonds. The molecule has 0 bridgehead atoms. The highest BCUT2D eigenvalue weighted by molar-refractivity contribution is 5.85. The molecule has 4 nitrogen and oxygen atoms in total. The summed E-state index contributed by atoms with van der Waals surface area (Å²) < 4.78 is 2.19. The van der Waals surface area contributed by atoms with Crippen molar-refractivity contribution in [3.8, 4) is 0 Å². The number of nitrogens with zero attached hydrogens (tertiary/aromatic N) is 2. The Morgan fingerprint density at radius 2 is 1.70 bits per heavy atom. The molecule has 0 saturated carbocycles. The number of aromatic nitrogens is 1. The smallest absolute Gasteiger partial charge is 0.220 e. The fourth-order valence-electron chi connectivity index (χ4n) is 4.84. The molecule has 0 aliphatic carbocycles. The van der Waals surface area contributed by atoms with Crippen LogP contribution in [0.15, 0.2) is 60.8 Å². The maximum absolute atomic E-state index is 13.1. The molecule has 1 N–H and O–H groups in total. The summed E-state index contributed by atoms with van der Waals surface area (Å²) in [6, 6.07) is 19.3. The lowest BCUT2D eigenvalue weighted by atomic mass is 9.89. The molecule has 0 unspecified atom stereocenters. The zero-order valence-electron chi connectivity index (χ0n) is 20.9. The largest absolute Gasteiger partial charge is 0.354 e. The first-order chi connectivity index (χ1) is 16.0. The second-order valence-electron chi connectivity index (χ2n) is 9.28. The molecular formula is C29H41N3O. The van der Waals surface area contributed by atoms with Crippen molar-refractivity contribution in [2.45, 2.75) is 64.8 Å².